The third-order valence-corrected chi connectivity index (χ3v) is 3.93. The number of ether oxygens (including phenoxy) is 1. The molecular weight excluding hydrogens is 296 g/mol. The van der Waals surface area contributed by atoms with Crippen molar-refractivity contribution in [3.05, 3.63) is 0 Å². The first-order chi connectivity index (χ1) is 10.6. The van der Waals surface area contributed by atoms with Crippen LogP contribution in [0.1, 0.15) is 54.4 Å². The van der Waals surface area contributed by atoms with Gasteiger partial charge in [0, 0.05) is 13.1 Å². The van der Waals surface area contributed by atoms with E-state index in [1.807, 2.05) is 20.8 Å². The van der Waals surface area contributed by atoms with Gasteiger partial charge in [0.05, 0.1) is 12.6 Å². The van der Waals surface area contributed by atoms with Gasteiger partial charge in [-0.05, 0) is 46.5 Å². The highest BCUT2D eigenvalue weighted by atomic mass is 16.6. The van der Waals surface area contributed by atoms with Crippen LogP contribution in [0.2, 0.25) is 0 Å². The van der Waals surface area contributed by atoms with E-state index in [0.717, 1.165) is 6.42 Å². The molecule has 6 nitrogen and oxygen atoms in total. The Labute approximate surface area is 139 Å². The minimum Gasteiger partial charge on any atom is -0.444 e. The maximum Gasteiger partial charge on any atom is 0.410 e. The highest BCUT2D eigenvalue weighted by Crippen LogP contribution is 2.20. The van der Waals surface area contributed by atoms with Crippen molar-refractivity contribution >= 4 is 12.0 Å². The van der Waals surface area contributed by atoms with E-state index in [0.29, 0.717) is 25.4 Å². The van der Waals surface area contributed by atoms with Gasteiger partial charge in [0.25, 0.3) is 0 Å². The summed E-state index contributed by atoms with van der Waals surface area (Å²) < 4.78 is 5.40. The second-order valence-corrected chi connectivity index (χ2v) is 7.70. The van der Waals surface area contributed by atoms with Gasteiger partial charge in [0.1, 0.15) is 11.6 Å². The zero-order chi connectivity index (χ0) is 17.8. The Hall–Kier alpha value is -1.30. The molecule has 1 N–H and O–H groups in total. The number of aliphatic hydroxyl groups is 1. The van der Waals surface area contributed by atoms with Crippen LogP contribution in [0.5, 0.6) is 0 Å². The summed E-state index contributed by atoms with van der Waals surface area (Å²) in [4.78, 5) is 28.3. The van der Waals surface area contributed by atoms with Gasteiger partial charge in [-0.15, -0.1) is 0 Å². The van der Waals surface area contributed by atoms with Gasteiger partial charge in [-0.1, -0.05) is 13.8 Å². The lowest BCUT2D eigenvalue weighted by Crippen LogP contribution is -2.51. The molecule has 0 spiro atoms. The number of nitrogens with zero attached hydrogens (tertiary/aromatic N) is 2. The molecule has 0 aliphatic carbocycles. The number of hydrogen-bond acceptors (Lipinski definition) is 4. The lowest BCUT2D eigenvalue weighted by Gasteiger charge is -2.34. The summed E-state index contributed by atoms with van der Waals surface area (Å²) in [6, 6.07) is -0.767. The number of rotatable bonds is 4. The van der Waals surface area contributed by atoms with Crippen molar-refractivity contribution < 1.29 is 19.4 Å². The fourth-order valence-electron chi connectivity index (χ4n) is 2.87. The summed E-state index contributed by atoms with van der Waals surface area (Å²) in [5, 5.41) is 9.65. The van der Waals surface area contributed by atoms with Crippen molar-refractivity contribution in [2.24, 2.45) is 5.92 Å². The number of carbonyl (C=O) groups is 2. The molecule has 0 radical (unpaired) electrons. The normalized spacial score (nSPS) is 21.4. The van der Waals surface area contributed by atoms with Crippen molar-refractivity contribution in [1.82, 2.24) is 9.80 Å². The topological polar surface area (TPSA) is 70.1 Å². The molecule has 1 aliphatic heterocycles. The van der Waals surface area contributed by atoms with Crippen LogP contribution < -0.4 is 0 Å². The van der Waals surface area contributed by atoms with Crippen molar-refractivity contribution in [2.45, 2.75) is 72.1 Å². The number of amides is 2. The molecule has 0 bridgehead atoms. The van der Waals surface area contributed by atoms with Crippen LogP contribution in [0, 0.1) is 5.92 Å². The number of aliphatic hydroxyl groups excluding tert-OH is 1. The zero-order valence-corrected chi connectivity index (χ0v) is 15.3. The molecule has 2 amide bonds. The maximum atomic E-state index is 12.8. The van der Waals surface area contributed by atoms with Crippen LogP contribution in [0.15, 0.2) is 0 Å². The third-order valence-electron chi connectivity index (χ3n) is 3.93. The first kappa shape index (κ1) is 19.7. The minimum atomic E-state index is -0.586. The predicted octanol–water partition coefficient (Wildman–Crippen LogP) is 2.25. The van der Waals surface area contributed by atoms with Crippen LogP contribution in [0.25, 0.3) is 0 Å². The molecular formula is C17H32N2O4. The molecule has 1 fully saturated rings. The molecule has 2 atom stereocenters. The first-order valence-corrected chi connectivity index (χ1v) is 8.47. The van der Waals surface area contributed by atoms with E-state index in [4.69, 9.17) is 4.74 Å². The van der Waals surface area contributed by atoms with E-state index in [9.17, 15) is 14.7 Å². The number of carbonyl (C=O) groups excluding carboxylic acids is 2. The van der Waals surface area contributed by atoms with E-state index in [1.165, 1.54) is 4.90 Å². The van der Waals surface area contributed by atoms with E-state index in [2.05, 4.69) is 13.8 Å². The Morgan fingerprint density at radius 1 is 1.35 bits per heavy atom. The van der Waals surface area contributed by atoms with Gasteiger partial charge < -0.3 is 14.7 Å². The summed E-state index contributed by atoms with van der Waals surface area (Å²) in [6.45, 7) is 12.3. The Balaban J connectivity index is 2.86. The quantitative estimate of drug-likeness (QED) is 0.859. The van der Waals surface area contributed by atoms with Crippen LogP contribution >= 0.6 is 0 Å². The average Bonchev–Trinajstić information content (AvgIpc) is 2.55. The standard InChI is InChI=1S/C17H32N2O4/c1-12(2)10-14(11-20)19-9-7-8-18(13(3)15(19)21)16(22)23-17(4,5)6/h12-14,20H,7-11H2,1-6H3/t13-,14-/m0/s1. The second kappa shape index (κ2) is 7.99. The molecule has 0 aromatic rings. The average molecular weight is 328 g/mol. The summed E-state index contributed by atoms with van der Waals surface area (Å²) in [5.74, 6) is 0.272. The Bertz CT molecular complexity index is 417. The van der Waals surface area contributed by atoms with E-state index >= 15 is 0 Å². The monoisotopic (exact) mass is 328 g/mol. The van der Waals surface area contributed by atoms with Crippen LogP contribution in [-0.2, 0) is 9.53 Å². The molecule has 0 saturated carbocycles. The SMILES string of the molecule is CC(C)C[C@@H](CO)N1CCCN(C(=O)OC(C)(C)C)[C@@H](C)C1=O. The largest absolute Gasteiger partial charge is 0.444 e. The highest BCUT2D eigenvalue weighted by molar-refractivity contribution is 5.86. The molecule has 1 saturated heterocycles. The molecule has 0 aromatic heterocycles. The van der Waals surface area contributed by atoms with Gasteiger partial charge in [0.15, 0.2) is 0 Å². The van der Waals surface area contributed by atoms with Gasteiger partial charge in [-0.25, -0.2) is 4.79 Å². The smallest absolute Gasteiger partial charge is 0.410 e. The maximum absolute atomic E-state index is 12.8. The molecule has 1 rings (SSSR count). The third kappa shape index (κ3) is 5.68. The van der Waals surface area contributed by atoms with Crippen LogP contribution in [0.3, 0.4) is 0 Å². The van der Waals surface area contributed by atoms with Crippen LogP contribution in [0.4, 0.5) is 4.79 Å². The lowest BCUT2D eigenvalue weighted by molar-refractivity contribution is -0.138. The Morgan fingerprint density at radius 2 is 1.96 bits per heavy atom. The molecule has 1 aliphatic rings. The van der Waals surface area contributed by atoms with E-state index < -0.39 is 17.7 Å². The minimum absolute atomic E-state index is 0.0525. The van der Waals surface area contributed by atoms with Crippen molar-refractivity contribution in [3.63, 3.8) is 0 Å². The van der Waals surface area contributed by atoms with Gasteiger partial charge in [0.2, 0.25) is 5.91 Å². The van der Waals surface area contributed by atoms with Crippen molar-refractivity contribution in [2.75, 3.05) is 19.7 Å². The van der Waals surface area contributed by atoms with Crippen molar-refractivity contribution in [1.29, 1.82) is 0 Å². The fourth-order valence-corrected chi connectivity index (χ4v) is 2.87. The molecule has 1 heterocycles. The van der Waals surface area contributed by atoms with Crippen molar-refractivity contribution in [3.8, 4) is 0 Å². The summed E-state index contributed by atoms with van der Waals surface area (Å²) in [5.41, 5.74) is -0.586. The van der Waals surface area contributed by atoms with E-state index in [1.54, 1.807) is 11.8 Å². The first-order valence-electron chi connectivity index (χ1n) is 8.47. The summed E-state index contributed by atoms with van der Waals surface area (Å²) >= 11 is 0. The van der Waals surface area contributed by atoms with Gasteiger partial charge >= 0.3 is 6.09 Å². The molecule has 134 valence electrons. The van der Waals surface area contributed by atoms with Crippen LogP contribution in [-0.4, -0.2) is 64.3 Å². The molecule has 23 heavy (non-hydrogen) atoms. The molecule has 0 aromatic carbocycles. The van der Waals surface area contributed by atoms with E-state index in [-0.39, 0.29) is 18.6 Å². The van der Waals surface area contributed by atoms with Gasteiger partial charge in [-0.3, -0.25) is 9.69 Å². The molecule has 6 heteroatoms. The Morgan fingerprint density at radius 3 is 2.43 bits per heavy atom. The lowest BCUT2D eigenvalue weighted by atomic mass is 10.0. The summed E-state index contributed by atoms with van der Waals surface area (Å²) in [6.07, 6.45) is 0.982. The van der Waals surface area contributed by atoms with Gasteiger partial charge in [-0.2, -0.15) is 0 Å². The highest BCUT2D eigenvalue weighted by Gasteiger charge is 2.36. The fraction of sp³-hybridized carbons (Fsp3) is 0.882. The number of hydrogen-bond donors (Lipinski definition) is 1. The second-order valence-electron chi connectivity index (χ2n) is 7.70. The molecule has 0 unspecified atom stereocenters. The summed E-state index contributed by atoms with van der Waals surface area (Å²) in [7, 11) is 0. The zero-order valence-electron chi connectivity index (χ0n) is 15.3. The predicted molar refractivity (Wildman–Crippen MR) is 89.1 cm³/mol. The Kier molecular flexibility index (Phi) is 6.86.